The van der Waals surface area contributed by atoms with Gasteiger partial charge in [0.15, 0.2) is 0 Å². The normalized spacial score (nSPS) is 11.0. The number of hydrogen-bond donors (Lipinski definition) is 1. The molecule has 0 saturated heterocycles. The number of nitrogens with one attached hydrogen (secondary N) is 1. The number of rotatable bonds is 4. The molecule has 0 aliphatic rings. The van der Waals surface area contributed by atoms with Crippen molar-refractivity contribution in [1.29, 1.82) is 0 Å². The molecule has 0 amide bonds. The first-order valence-electron chi connectivity index (χ1n) is 8.18. The molecule has 0 aliphatic carbocycles. The van der Waals surface area contributed by atoms with Gasteiger partial charge in [0.1, 0.15) is 16.5 Å². The topological polar surface area (TPSA) is 50.7 Å². The van der Waals surface area contributed by atoms with E-state index in [2.05, 4.69) is 36.3 Å². The van der Waals surface area contributed by atoms with E-state index in [9.17, 15) is 0 Å². The molecule has 0 radical (unpaired) electrons. The number of nitrogens with zero attached hydrogens (tertiary/aromatic N) is 3. The van der Waals surface area contributed by atoms with Crippen molar-refractivity contribution < 1.29 is 0 Å². The van der Waals surface area contributed by atoms with Gasteiger partial charge in [-0.25, -0.2) is 9.97 Å². The van der Waals surface area contributed by atoms with Crippen LogP contribution in [0, 0.1) is 13.8 Å². The van der Waals surface area contributed by atoms with Gasteiger partial charge in [-0.1, -0.05) is 30.3 Å². The summed E-state index contributed by atoms with van der Waals surface area (Å²) < 4.78 is 0. The number of fused-ring (bicyclic) bond motifs is 1. The zero-order valence-electron chi connectivity index (χ0n) is 14.2. The van der Waals surface area contributed by atoms with E-state index in [1.165, 1.54) is 16.0 Å². The van der Waals surface area contributed by atoms with Gasteiger partial charge in [-0.05, 0) is 37.1 Å². The first-order chi connectivity index (χ1) is 12.2. The van der Waals surface area contributed by atoms with Crippen molar-refractivity contribution in [2.24, 2.45) is 0 Å². The highest BCUT2D eigenvalue weighted by Gasteiger charge is 2.15. The predicted molar refractivity (Wildman–Crippen MR) is 104 cm³/mol. The average Bonchev–Trinajstić information content (AvgIpc) is 2.91. The molecule has 1 aromatic carbocycles. The van der Waals surface area contributed by atoms with Crippen molar-refractivity contribution in [3.63, 3.8) is 0 Å². The van der Waals surface area contributed by atoms with Crippen LogP contribution in [0.4, 0.5) is 11.5 Å². The van der Waals surface area contributed by atoms with Crippen LogP contribution in [0.2, 0.25) is 0 Å². The van der Waals surface area contributed by atoms with Crippen LogP contribution in [0.15, 0.2) is 54.9 Å². The largest absolute Gasteiger partial charge is 0.339 e. The molecule has 4 nitrogen and oxygen atoms in total. The van der Waals surface area contributed by atoms with Gasteiger partial charge < -0.3 is 5.32 Å². The minimum atomic E-state index is 0.720. The average molecular weight is 346 g/mol. The molecule has 4 rings (SSSR count). The summed E-state index contributed by atoms with van der Waals surface area (Å²) in [6.07, 6.45) is 4.27. The molecule has 124 valence electrons. The Morgan fingerprint density at radius 2 is 1.72 bits per heavy atom. The second-order valence-electron chi connectivity index (χ2n) is 5.98. The molecular formula is C20H18N4S. The molecule has 0 bridgehead atoms. The number of aryl methyl sites for hydroxylation is 2. The summed E-state index contributed by atoms with van der Waals surface area (Å²) in [5.41, 5.74) is 3.42. The maximum atomic E-state index is 4.83. The van der Waals surface area contributed by atoms with E-state index in [-0.39, 0.29) is 0 Å². The number of thiophene rings is 1. The van der Waals surface area contributed by atoms with Gasteiger partial charge in [-0.15, -0.1) is 11.3 Å². The fraction of sp³-hybridized carbons (Fsp3) is 0.150. The van der Waals surface area contributed by atoms with Gasteiger partial charge in [0.25, 0.3) is 0 Å². The molecule has 25 heavy (non-hydrogen) atoms. The summed E-state index contributed by atoms with van der Waals surface area (Å²) in [6, 6.07) is 14.2. The van der Waals surface area contributed by atoms with Crippen LogP contribution in [-0.4, -0.2) is 15.0 Å². The van der Waals surface area contributed by atoms with Crippen LogP contribution in [0.3, 0.4) is 0 Å². The number of anilines is 2. The van der Waals surface area contributed by atoms with Crippen molar-refractivity contribution in [2.75, 3.05) is 5.32 Å². The molecule has 0 spiro atoms. The predicted octanol–water partition coefficient (Wildman–Crippen LogP) is 5.04. The maximum absolute atomic E-state index is 4.83. The molecule has 0 saturated carbocycles. The van der Waals surface area contributed by atoms with Gasteiger partial charge in [-0.2, -0.15) is 0 Å². The lowest BCUT2D eigenvalue weighted by atomic mass is 10.1. The highest BCUT2D eigenvalue weighted by Crippen LogP contribution is 2.34. The van der Waals surface area contributed by atoms with Gasteiger partial charge in [0.05, 0.1) is 5.39 Å². The maximum Gasteiger partial charge on any atom is 0.143 e. The van der Waals surface area contributed by atoms with Crippen LogP contribution < -0.4 is 5.32 Å². The molecule has 3 aromatic heterocycles. The Hall–Kier alpha value is -2.79. The summed E-state index contributed by atoms with van der Waals surface area (Å²) in [5, 5.41) is 4.55. The molecule has 0 aliphatic heterocycles. The van der Waals surface area contributed by atoms with Crippen LogP contribution in [0.1, 0.15) is 21.8 Å². The lowest BCUT2D eigenvalue weighted by Gasteiger charge is -2.10. The van der Waals surface area contributed by atoms with E-state index in [1.54, 1.807) is 23.7 Å². The second kappa shape index (κ2) is 6.61. The van der Waals surface area contributed by atoms with Crippen molar-refractivity contribution in [3.05, 3.63) is 76.7 Å². The molecule has 0 atom stereocenters. The van der Waals surface area contributed by atoms with E-state index in [0.29, 0.717) is 0 Å². The Kier molecular flexibility index (Phi) is 4.15. The molecule has 0 fully saturated rings. The summed E-state index contributed by atoms with van der Waals surface area (Å²) in [7, 11) is 0. The fourth-order valence-electron chi connectivity index (χ4n) is 2.81. The van der Waals surface area contributed by atoms with E-state index < -0.39 is 0 Å². The first-order valence-corrected chi connectivity index (χ1v) is 9.00. The Labute approximate surface area is 150 Å². The number of hydrogen-bond acceptors (Lipinski definition) is 5. The van der Waals surface area contributed by atoms with E-state index in [1.807, 2.05) is 30.3 Å². The van der Waals surface area contributed by atoms with Crippen molar-refractivity contribution in [3.8, 4) is 0 Å². The molecular weight excluding hydrogens is 328 g/mol. The van der Waals surface area contributed by atoms with Crippen LogP contribution in [-0.2, 0) is 6.42 Å². The molecule has 0 unspecified atom stereocenters. The monoisotopic (exact) mass is 346 g/mol. The third kappa shape index (κ3) is 3.23. The highest BCUT2D eigenvalue weighted by atomic mass is 32.1. The van der Waals surface area contributed by atoms with Gasteiger partial charge >= 0.3 is 0 Å². The Bertz CT molecular complexity index is 1010. The number of aromatic nitrogens is 3. The Morgan fingerprint density at radius 3 is 2.48 bits per heavy atom. The summed E-state index contributed by atoms with van der Waals surface area (Å²) in [6.45, 7) is 4.26. The zero-order chi connectivity index (χ0) is 17.2. The van der Waals surface area contributed by atoms with Crippen molar-refractivity contribution in [2.45, 2.75) is 20.3 Å². The van der Waals surface area contributed by atoms with Gasteiger partial charge in [-0.3, -0.25) is 4.98 Å². The molecule has 5 heteroatoms. The third-order valence-corrected chi connectivity index (χ3v) is 5.32. The van der Waals surface area contributed by atoms with E-state index >= 15 is 0 Å². The zero-order valence-corrected chi connectivity index (χ0v) is 15.0. The quantitative estimate of drug-likeness (QED) is 0.562. The van der Waals surface area contributed by atoms with Crippen molar-refractivity contribution in [1.82, 2.24) is 15.0 Å². The highest BCUT2D eigenvalue weighted by molar-refractivity contribution is 7.18. The first kappa shape index (κ1) is 15.7. The summed E-state index contributed by atoms with van der Waals surface area (Å²) in [5.74, 6) is 1.69. The third-order valence-electron chi connectivity index (χ3n) is 4.22. The van der Waals surface area contributed by atoms with Crippen LogP contribution >= 0.6 is 11.3 Å². The van der Waals surface area contributed by atoms with Crippen molar-refractivity contribution >= 4 is 33.1 Å². The minimum absolute atomic E-state index is 0.720. The minimum Gasteiger partial charge on any atom is -0.339 e. The number of pyridine rings is 1. The lowest BCUT2D eigenvalue weighted by Crippen LogP contribution is -2.02. The smallest absolute Gasteiger partial charge is 0.143 e. The number of benzene rings is 1. The second-order valence-corrected chi connectivity index (χ2v) is 7.18. The SMILES string of the molecule is Cc1sc2nc(Cc3ccccc3)nc(Nc3ccncc3)c2c1C. The lowest BCUT2D eigenvalue weighted by molar-refractivity contribution is 0.999. The van der Waals surface area contributed by atoms with E-state index in [4.69, 9.17) is 9.97 Å². The van der Waals surface area contributed by atoms with Crippen LogP contribution in [0.5, 0.6) is 0 Å². The van der Waals surface area contributed by atoms with Gasteiger partial charge in [0, 0.05) is 29.4 Å². The van der Waals surface area contributed by atoms with Crippen LogP contribution in [0.25, 0.3) is 10.2 Å². The summed E-state index contributed by atoms with van der Waals surface area (Å²) >= 11 is 1.72. The fourth-order valence-corrected chi connectivity index (χ4v) is 3.86. The Morgan fingerprint density at radius 1 is 0.960 bits per heavy atom. The van der Waals surface area contributed by atoms with Gasteiger partial charge in [0.2, 0.25) is 0 Å². The molecule has 1 N–H and O–H groups in total. The summed E-state index contributed by atoms with van der Waals surface area (Å²) in [4.78, 5) is 16.0. The Balaban J connectivity index is 1.80. The van der Waals surface area contributed by atoms with E-state index in [0.717, 1.165) is 34.0 Å². The molecule has 3 heterocycles. The molecule has 4 aromatic rings. The standard InChI is InChI=1S/C20H18N4S/c1-13-14(2)25-20-18(13)19(22-16-8-10-21-11-9-16)23-17(24-20)12-15-6-4-3-5-7-15/h3-11H,12H2,1-2H3,(H,21,22,23,24).